The first kappa shape index (κ1) is 17.5. The Morgan fingerprint density at radius 2 is 1.76 bits per heavy atom. The molecule has 1 atom stereocenters. The molecule has 1 aromatic rings. The Bertz CT molecular complexity index is 605. The lowest BCUT2D eigenvalue weighted by atomic mass is 9.48. The van der Waals surface area contributed by atoms with Crippen LogP contribution in [0.1, 0.15) is 56.6 Å². The van der Waals surface area contributed by atoms with Gasteiger partial charge in [-0.05, 0) is 86.7 Å². The highest BCUT2D eigenvalue weighted by molar-refractivity contribution is 7.99. The van der Waals surface area contributed by atoms with Crippen molar-refractivity contribution in [1.82, 2.24) is 5.32 Å². The maximum atomic E-state index is 12.5. The standard InChI is InChI=1S/C22H31NOS/c1-15-5-3-4-6-20(15)13-25-14-21(24)23-16(2)22-10-17-7-18(11-22)9-19(8-17)12-22/h3-6,16-19H,7-14H2,1-2H3,(H,23,24)/t16-,17?,18?,19?,22?/m1/s1. The zero-order valence-corrected chi connectivity index (χ0v) is 16.4. The number of thioether (sulfide) groups is 1. The third kappa shape index (κ3) is 3.63. The van der Waals surface area contributed by atoms with E-state index in [4.69, 9.17) is 0 Å². The van der Waals surface area contributed by atoms with Gasteiger partial charge in [0.1, 0.15) is 0 Å². The molecule has 0 spiro atoms. The van der Waals surface area contributed by atoms with Gasteiger partial charge in [-0.2, -0.15) is 0 Å². The van der Waals surface area contributed by atoms with Gasteiger partial charge in [0, 0.05) is 11.8 Å². The Morgan fingerprint density at radius 3 is 2.36 bits per heavy atom. The summed E-state index contributed by atoms with van der Waals surface area (Å²) < 4.78 is 0. The molecule has 1 amide bonds. The van der Waals surface area contributed by atoms with E-state index in [1.165, 1.54) is 49.7 Å². The van der Waals surface area contributed by atoms with Crippen LogP contribution in [0.2, 0.25) is 0 Å². The van der Waals surface area contributed by atoms with E-state index in [0.717, 1.165) is 23.5 Å². The number of amides is 1. The predicted molar refractivity (Wildman–Crippen MR) is 106 cm³/mol. The fourth-order valence-corrected chi connectivity index (χ4v) is 7.08. The van der Waals surface area contributed by atoms with Crippen LogP contribution in [0, 0.1) is 30.1 Å². The molecule has 1 N–H and O–H groups in total. The average molecular weight is 358 g/mol. The van der Waals surface area contributed by atoms with E-state index in [9.17, 15) is 4.79 Å². The fraction of sp³-hybridized carbons (Fsp3) is 0.682. The summed E-state index contributed by atoms with van der Waals surface area (Å²) >= 11 is 1.74. The van der Waals surface area contributed by atoms with Gasteiger partial charge in [0.05, 0.1) is 5.75 Å². The van der Waals surface area contributed by atoms with Crippen LogP contribution < -0.4 is 5.32 Å². The van der Waals surface area contributed by atoms with Crippen molar-refractivity contribution in [3.8, 4) is 0 Å². The van der Waals surface area contributed by atoms with E-state index in [2.05, 4.69) is 43.4 Å². The fourth-order valence-electron chi connectivity index (χ4n) is 6.17. The van der Waals surface area contributed by atoms with Crippen LogP contribution in [0.5, 0.6) is 0 Å². The summed E-state index contributed by atoms with van der Waals surface area (Å²) in [6, 6.07) is 8.80. The van der Waals surface area contributed by atoms with Crippen molar-refractivity contribution in [3.63, 3.8) is 0 Å². The van der Waals surface area contributed by atoms with E-state index in [-0.39, 0.29) is 5.91 Å². The molecule has 0 radical (unpaired) electrons. The minimum Gasteiger partial charge on any atom is -0.352 e. The molecule has 4 aliphatic carbocycles. The molecule has 25 heavy (non-hydrogen) atoms. The third-order valence-electron chi connectivity index (χ3n) is 7.13. The van der Waals surface area contributed by atoms with Gasteiger partial charge in [-0.15, -0.1) is 11.8 Å². The number of aryl methyl sites for hydroxylation is 1. The first-order valence-corrected chi connectivity index (χ1v) is 11.1. The highest BCUT2D eigenvalue weighted by Crippen LogP contribution is 2.61. The lowest BCUT2D eigenvalue weighted by molar-refractivity contribution is -0.123. The highest BCUT2D eigenvalue weighted by Gasteiger charge is 2.53. The summed E-state index contributed by atoms with van der Waals surface area (Å²) in [6.07, 6.45) is 8.47. The van der Waals surface area contributed by atoms with Gasteiger partial charge in [-0.1, -0.05) is 24.3 Å². The molecule has 0 unspecified atom stereocenters. The van der Waals surface area contributed by atoms with Gasteiger partial charge in [-0.3, -0.25) is 4.79 Å². The second-order valence-electron chi connectivity index (χ2n) is 8.99. The number of benzene rings is 1. The smallest absolute Gasteiger partial charge is 0.230 e. The number of carbonyl (C=O) groups excluding carboxylic acids is 1. The van der Waals surface area contributed by atoms with Crippen LogP contribution in [-0.2, 0) is 10.5 Å². The van der Waals surface area contributed by atoms with Gasteiger partial charge < -0.3 is 5.32 Å². The van der Waals surface area contributed by atoms with Crippen LogP contribution in [0.4, 0.5) is 0 Å². The Hall–Kier alpha value is -0.960. The molecule has 4 bridgehead atoms. The van der Waals surface area contributed by atoms with Crippen molar-refractivity contribution in [1.29, 1.82) is 0 Å². The zero-order chi connectivity index (χ0) is 17.4. The van der Waals surface area contributed by atoms with Gasteiger partial charge in [0.15, 0.2) is 0 Å². The normalized spacial score (nSPS) is 34.1. The summed E-state index contributed by atoms with van der Waals surface area (Å²) in [5.41, 5.74) is 3.07. The molecule has 4 fully saturated rings. The first-order valence-electron chi connectivity index (χ1n) is 9.96. The summed E-state index contributed by atoms with van der Waals surface area (Å²) in [5.74, 6) is 4.56. The van der Waals surface area contributed by atoms with Gasteiger partial charge in [0.25, 0.3) is 0 Å². The predicted octanol–water partition coefficient (Wildman–Crippen LogP) is 4.95. The van der Waals surface area contributed by atoms with E-state index in [0.29, 0.717) is 17.2 Å². The second-order valence-corrected chi connectivity index (χ2v) is 9.97. The Morgan fingerprint density at radius 1 is 1.16 bits per heavy atom. The van der Waals surface area contributed by atoms with Crippen LogP contribution >= 0.6 is 11.8 Å². The number of nitrogens with one attached hydrogen (secondary N) is 1. The van der Waals surface area contributed by atoms with Crippen LogP contribution in [-0.4, -0.2) is 17.7 Å². The van der Waals surface area contributed by atoms with Crippen LogP contribution in [0.15, 0.2) is 24.3 Å². The number of rotatable bonds is 6. The number of hydrogen-bond donors (Lipinski definition) is 1. The summed E-state index contributed by atoms with van der Waals surface area (Å²) in [7, 11) is 0. The quantitative estimate of drug-likeness (QED) is 0.780. The van der Waals surface area contributed by atoms with Crippen molar-refractivity contribution >= 4 is 17.7 Å². The zero-order valence-electron chi connectivity index (χ0n) is 15.6. The Balaban J connectivity index is 1.28. The first-order chi connectivity index (χ1) is 12.0. The SMILES string of the molecule is Cc1ccccc1CSCC(=O)N[C@H](C)C12CC3CC(CC(C3)C1)C2. The largest absolute Gasteiger partial charge is 0.352 e. The molecule has 4 saturated carbocycles. The minimum atomic E-state index is 0.224. The molecule has 0 heterocycles. The van der Waals surface area contributed by atoms with E-state index in [1.807, 2.05) is 0 Å². The monoisotopic (exact) mass is 357 g/mol. The summed E-state index contributed by atoms with van der Waals surface area (Å²) in [5, 5.41) is 3.38. The van der Waals surface area contributed by atoms with Crippen molar-refractivity contribution in [2.24, 2.45) is 23.2 Å². The number of hydrogen-bond acceptors (Lipinski definition) is 2. The second kappa shape index (κ2) is 6.98. The topological polar surface area (TPSA) is 29.1 Å². The molecule has 2 nitrogen and oxygen atoms in total. The molecule has 4 aliphatic rings. The molecular formula is C22H31NOS. The van der Waals surface area contributed by atoms with Crippen LogP contribution in [0.25, 0.3) is 0 Å². The molecule has 0 aromatic heterocycles. The Labute approximate surface area is 156 Å². The highest BCUT2D eigenvalue weighted by atomic mass is 32.2. The van der Waals surface area contributed by atoms with Gasteiger partial charge >= 0.3 is 0 Å². The molecule has 0 saturated heterocycles. The van der Waals surface area contributed by atoms with Gasteiger partial charge in [0.2, 0.25) is 5.91 Å². The van der Waals surface area contributed by atoms with E-state index >= 15 is 0 Å². The van der Waals surface area contributed by atoms with Crippen molar-refractivity contribution in [2.45, 2.75) is 64.2 Å². The van der Waals surface area contributed by atoms with E-state index in [1.54, 1.807) is 11.8 Å². The number of carbonyl (C=O) groups is 1. The molecule has 5 rings (SSSR count). The van der Waals surface area contributed by atoms with Crippen molar-refractivity contribution < 1.29 is 4.79 Å². The molecular weight excluding hydrogens is 326 g/mol. The lowest BCUT2D eigenvalue weighted by Gasteiger charge is -2.59. The third-order valence-corrected chi connectivity index (χ3v) is 8.12. The van der Waals surface area contributed by atoms with Crippen molar-refractivity contribution in [2.75, 3.05) is 5.75 Å². The average Bonchev–Trinajstić information content (AvgIpc) is 2.55. The molecule has 3 heteroatoms. The summed E-state index contributed by atoms with van der Waals surface area (Å²) in [6.45, 7) is 4.42. The molecule has 0 aliphatic heterocycles. The van der Waals surface area contributed by atoms with E-state index < -0.39 is 0 Å². The van der Waals surface area contributed by atoms with Crippen molar-refractivity contribution in [3.05, 3.63) is 35.4 Å². The minimum absolute atomic E-state index is 0.224. The summed E-state index contributed by atoms with van der Waals surface area (Å²) in [4.78, 5) is 12.5. The molecule has 1 aromatic carbocycles. The lowest BCUT2D eigenvalue weighted by Crippen LogP contribution is -2.56. The molecule has 136 valence electrons. The maximum Gasteiger partial charge on any atom is 0.230 e. The van der Waals surface area contributed by atoms with Gasteiger partial charge in [-0.25, -0.2) is 0 Å². The van der Waals surface area contributed by atoms with Crippen LogP contribution in [0.3, 0.4) is 0 Å². The Kier molecular flexibility index (Phi) is 4.87. The maximum absolute atomic E-state index is 12.5.